The number of hydrogen-bond donors (Lipinski definition) is 1. The zero-order valence-electron chi connectivity index (χ0n) is 10.6. The number of nitrogens with one attached hydrogen (secondary N) is 1. The molecule has 0 bridgehead atoms. The zero-order chi connectivity index (χ0) is 13.1. The molecule has 18 heavy (non-hydrogen) atoms. The van der Waals surface area contributed by atoms with Crippen molar-refractivity contribution in [3.8, 4) is 0 Å². The predicted molar refractivity (Wildman–Crippen MR) is 63.0 cm³/mol. The van der Waals surface area contributed by atoms with Crippen molar-refractivity contribution in [3.63, 3.8) is 0 Å². The largest absolute Gasteiger partial charge is 0.459 e. The molecule has 1 N–H and O–H groups in total. The molecule has 1 amide bonds. The molecule has 2 aromatic rings. The molecule has 2 aromatic heterocycles. The summed E-state index contributed by atoms with van der Waals surface area (Å²) in [5.74, 6) is 1.20. The van der Waals surface area contributed by atoms with Gasteiger partial charge in [0, 0.05) is 5.56 Å². The van der Waals surface area contributed by atoms with Gasteiger partial charge < -0.3 is 14.3 Å². The highest BCUT2D eigenvalue weighted by molar-refractivity contribution is 5.92. The van der Waals surface area contributed by atoms with Gasteiger partial charge in [-0.25, -0.2) is 0 Å². The number of rotatable bonds is 4. The highest BCUT2D eigenvalue weighted by Crippen LogP contribution is 2.20. The van der Waals surface area contributed by atoms with Gasteiger partial charge in [-0.3, -0.25) is 4.79 Å². The number of furan rings is 1. The second kappa shape index (κ2) is 5.03. The fourth-order valence-corrected chi connectivity index (χ4v) is 1.61. The van der Waals surface area contributed by atoms with Gasteiger partial charge in [0.05, 0.1) is 12.8 Å². The second-order valence-corrected chi connectivity index (χ2v) is 4.28. The number of aryl methyl sites for hydroxylation is 1. The summed E-state index contributed by atoms with van der Waals surface area (Å²) in [4.78, 5) is 15.9. The molecule has 0 unspecified atom stereocenters. The molecule has 0 aliphatic heterocycles. The Morgan fingerprint density at radius 1 is 1.50 bits per heavy atom. The molecule has 0 spiro atoms. The number of aromatic nitrogens is 2. The summed E-state index contributed by atoms with van der Waals surface area (Å²) >= 11 is 0. The van der Waals surface area contributed by atoms with E-state index in [1.807, 2.05) is 13.8 Å². The van der Waals surface area contributed by atoms with E-state index in [1.54, 1.807) is 13.0 Å². The number of amides is 1. The van der Waals surface area contributed by atoms with Crippen molar-refractivity contribution in [2.24, 2.45) is 0 Å². The smallest absolute Gasteiger partial charge is 0.287 e. The van der Waals surface area contributed by atoms with Crippen molar-refractivity contribution >= 4 is 5.91 Å². The summed E-state index contributed by atoms with van der Waals surface area (Å²) in [7, 11) is 0. The molecule has 0 aliphatic rings. The predicted octanol–water partition coefficient (Wildman–Crippen LogP) is 2.02. The van der Waals surface area contributed by atoms with Crippen molar-refractivity contribution in [3.05, 3.63) is 35.4 Å². The molecule has 96 valence electrons. The van der Waals surface area contributed by atoms with E-state index < -0.39 is 0 Å². The van der Waals surface area contributed by atoms with Crippen LogP contribution in [0.4, 0.5) is 0 Å². The third kappa shape index (κ3) is 2.58. The van der Waals surface area contributed by atoms with Crippen LogP contribution >= 0.6 is 0 Å². The van der Waals surface area contributed by atoms with Gasteiger partial charge in [-0.2, -0.15) is 4.98 Å². The average molecular weight is 249 g/mol. The summed E-state index contributed by atoms with van der Waals surface area (Å²) in [6, 6.07) is 1.80. The van der Waals surface area contributed by atoms with Crippen LogP contribution in [0, 0.1) is 6.92 Å². The lowest BCUT2D eigenvalue weighted by Crippen LogP contribution is -2.23. The SMILES string of the molecule is Cc1noc(CNC(=O)c2occc2C(C)C)n1. The Morgan fingerprint density at radius 3 is 2.89 bits per heavy atom. The van der Waals surface area contributed by atoms with E-state index in [1.165, 1.54) is 6.26 Å². The lowest BCUT2D eigenvalue weighted by Gasteiger charge is -2.05. The first-order chi connectivity index (χ1) is 8.58. The van der Waals surface area contributed by atoms with Gasteiger partial charge in [-0.15, -0.1) is 0 Å². The lowest BCUT2D eigenvalue weighted by atomic mass is 10.0. The van der Waals surface area contributed by atoms with Crippen LogP contribution in [0.15, 0.2) is 21.3 Å². The van der Waals surface area contributed by atoms with E-state index in [9.17, 15) is 4.79 Å². The summed E-state index contributed by atoms with van der Waals surface area (Å²) in [6.07, 6.45) is 1.51. The molecule has 0 aliphatic carbocycles. The standard InChI is InChI=1S/C12H15N3O3/c1-7(2)9-4-5-17-11(9)12(16)13-6-10-14-8(3)15-18-10/h4-5,7H,6H2,1-3H3,(H,13,16). The maximum atomic E-state index is 11.9. The molecule has 6 heteroatoms. The molecule has 0 atom stereocenters. The van der Waals surface area contributed by atoms with E-state index in [-0.39, 0.29) is 18.4 Å². The van der Waals surface area contributed by atoms with Crippen LogP contribution in [0.1, 0.15) is 47.6 Å². The van der Waals surface area contributed by atoms with Crippen LogP contribution in [-0.4, -0.2) is 16.0 Å². The molecule has 0 fully saturated rings. The lowest BCUT2D eigenvalue weighted by molar-refractivity contribution is 0.0916. The van der Waals surface area contributed by atoms with Crippen LogP contribution in [0.3, 0.4) is 0 Å². The topological polar surface area (TPSA) is 81.2 Å². The maximum absolute atomic E-state index is 11.9. The molecular weight excluding hydrogens is 234 g/mol. The summed E-state index contributed by atoms with van der Waals surface area (Å²) in [6.45, 7) is 5.92. The van der Waals surface area contributed by atoms with E-state index in [2.05, 4.69) is 15.5 Å². The van der Waals surface area contributed by atoms with Gasteiger partial charge in [0.2, 0.25) is 5.89 Å². The molecule has 2 rings (SSSR count). The molecule has 2 heterocycles. The molecule has 0 radical (unpaired) electrons. The van der Waals surface area contributed by atoms with Crippen molar-refractivity contribution in [1.82, 2.24) is 15.5 Å². The minimum atomic E-state index is -0.278. The van der Waals surface area contributed by atoms with Crippen LogP contribution in [0.25, 0.3) is 0 Å². The minimum absolute atomic E-state index is 0.192. The van der Waals surface area contributed by atoms with Gasteiger partial charge in [0.15, 0.2) is 11.6 Å². The van der Waals surface area contributed by atoms with Crippen LogP contribution < -0.4 is 5.32 Å². The van der Waals surface area contributed by atoms with Crippen molar-refractivity contribution in [1.29, 1.82) is 0 Å². The van der Waals surface area contributed by atoms with E-state index in [4.69, 9.17) is 8.94 Å². The second-order valence-electron chi connectivity index (χ2n) is 4.28. The Balaban J connectivity index is 2.01. The number of hydrogen-bond acceptors (Lipinski definition) is 5. The first-order valence-electron chi connectivity index (χ1n) is 5.72. The molecule has 0 saturated heterocycles. The maximum Gasteiger partial charge on any atom is 0.287 e. The van der Waals surface area contributed by atoms with Crippen LogP contribution in [-0.2, 0) is 6.54 Å². The number of nitrogens with zero attached hydrogens (tertiary/aromatic N) is 2. The first-order valence-corrected chi connectivity index (χ1v) is 5.72. The van der Waals surface area contributed by atoms with E-state index in [0.717, 1.165) is 5.56 Å². The van der Waals surface area contributed by atoms with E-state index >= 15 is 0 Å². The van der Waals surface area contributed by atoms with Crippen LogP contribution in [0.5, 0.6) is 0 Å². The molecular formula is C12H15N3O3. The average Bonchev–Trinajstić information content (AvgIpc) is 2.94. The van der Waals surface area contributed by atoms with Gasteiger partial charge in [-0.1, -0.05) is 19.0 Å². The third-order valence-corrected chi connectivity index (χ3v) is 2.49. The normalized spacial score (nSPS) is 10.9. The summed E-state index contributed by atoms with van der Waals surface area (Å²) < 4.78 is 10.1. The minimum Gasteiger partial charge on any atom is -0.459 e. The Morgan fingerprint density at radius 2 is 2.28 bits per heavy atom. The fraction of sp³-hybridized carbons (Fsp3) is 0.417. The Hall–Kier alpha value is -2.11. The monoisotopic (exact) mass is 249 g/mol. The van der Waals surface area contributed by atoms with Crippen molar-refractivity contribution in [2.45, 2.75) is 33.2 Å². The first kappa shape index (κ1) is 12.3. The van der Waals surface area contributed by atoms with Crippen molar-refractivity contribution in [2.75, 3.05) is 0 Å². The van der Waals surface area contributed by atoms with Gasteiger partial charge >= 0.3 is 0 Å². The summed E-state index contributed by atoms with van der Waals surface area (Å²) in [5, 5.41) is 6.32. The summed E-state index contributed by atoms with van der Waals surface area (Å²) in [5.41, 5.74) is 0.884. The molecule has 0 aromatic carbocycles. The quantitative estimate of drug-likeness (QED) is 0.896. The third-order valence-electron chi connectivity index (χ3n) is 2.49. The number of carbonyl (C=O) groups excluding carboxylic acids is 1. The highest BCUT2D eigenvalue weighted by atomic mass is 16.5. The van der Waals surface area contributed by atoms with Gasteiger partial charge in [0.1, 0.15) is 0 Å². The van der Waals surface area contributed by atoms with Crippen molar-refractivity contribution < 1.29 is 13.7 Å². The Kier molecular flexibility index (Phi) is 3.45. The van der Waals surface area contributed by atoms with Gasteiger partial charge in [-0.05, 0) is 18.9 Å². The van der Waals surface area contributed by atoms with Crippen LogP contribution in [0.2, 0.25) is 0 Å². The number of carbonyl (C=O) groups is 1. The highest BCUT2D eigenvalue weighted by Gasteiger charge is 2.17. The van der Waals surface area contributed by atoms with Gasteiger partial charge in [0.25, 0.3) is 5.91 Å². The fourth-order valence-electron chi connectivity index (χ4n) is 1.61. The Labute approximate surface area is 104 Å². The zero-order valence-corrected chi connectivity index (χ0v) is 10.6. The van der Waals surface area contributed by atoms with E-state index in [0.29, 0.717) is 17.5 Å². The molecule has 6 nitrogen and oxygen atoms in total. The molecule has 0 saturated carbocycles. The Bertz CT molecular complexity index is 542.